The van der Waals surface area contributed by atoms with Gasteiger partial charge in [-0.25, -0.2) is 0 Å². The first-order chi connectivity index (χ1) is 9.15. The van der Waals surface area contributed by atoms with Gasteiger partial charge in [-0.15, -0.1) is 0 Å². The van der Waals surface area contributed by atoms with E-state index in [-0.39, 0.29) is 5.11 Å². The van der Waals surface area contributed by atoms with Gasteiger partial charge in [-0.05, 0) is 85.2 Å². The number of fused-ring (bicyclic) bond motifs is 2. The number of hydrogen-bond acceptors (Lipinski definition) is 2. The third-order valence-electron chi connectivity index (χ3n) is 3.95. The van der Waals surface area contributed by atoms with E-state index in [0.717, 1.165) is 12.8 Å². The fourth-order valence-electron chi connectivity index (χ4n) is 3.22. The molecule has 3 rings (SSSR count). The van der Waals surface area contributed by atoms with Gasteiger partial charge in [-0.3, -0.25) is 0 Å². The molecule has 100 valence electrons. The van der Waals surface area contributed by atoms with Crippen LogP contribution in [0.1, 0.15) is 35.1 Å². The standard InChI is InChI=1S/C14H17N3S2/c15-13(18)17-14(19)16-12-10-5-1-3-8(10)7-9-4-2-6-11(9)12/h7H,1-6H2,(H4,15,16,17,18,19). The second-order valence-corrected chi connectivity index (χ2v) is 6.03. The Morgan fingerprint density at radius 1 is 1.00 bits per heavy atom. The average Bonchev–Trinajstić information content (AvgIpc) is 2.94. The van der Waals surface area contributed by atoms with Gasteiger partial charge in [0, 0.05) is 5.69 Å². The van der Waals surface area contributed by atoms with Gasteiger partial charge in [0.1, 0.15) is 0 Å². The molecule has 0 unspecified atom stereocenters. The van der Waals surface area contributed by atoms with Crippen LogP contribution in [-0.4, -0.2) is 10.2 Å². The lowest BCUT2D eigenvalue weighted by Gasteiger charge is -2.17. The third-order valence-corrected chi connectivity index (χ3v) is 4.25. The maximum absolute atomic E-state index is 5.47. The van der Waals surface area contributed by atoms with Crippen LogP contribution in [-0.2, 0) is 25.7 Å². The largest absolute Gasteiger partial charge is 0.376 e. The van der Waals surface area contributed by atoms with Gasteiger partial charge in [0.2, 0.25) is 0 Å². The van der Waals surface area contributed by atoms with Crippen LogP contribution < -0.4 is 16.4 Å². The van der Waals surface area contributed by atoms with Crippen LogP contribution in [0.5, 0.6) is 0 Å². The van der Waals surface area contributed by atoms with Crippen LogP contribution in [0.25, 0.3) is 0 Å². The smallest absolute Gasteiger partial charge is 0.177 e. The Labute approximate surface area is 123 Å². The summed E-state index contributed by atoms with van der Waals surface area (Å²) in [6, 6.07) is 2.40. The van der Waals surface area contributed by atoms with E-state index in [0.29, 0.717) is 5.11 Å². The zero-order valence-electron chi connectivity index (χ0n) is 10.7. The molecular weight excluding hydrogens is 274 g/mol. The van der Waals surface area contributed by atoms with Crippen LogP contribution in [0.15, 0.2) is 6.07 Å². The Kier molecular flexibility index (Phi) is 3.41. The molecule has 0 aromatic heterocycles. The van der Waals surface area contributed by atoms with Crippen molar-refractivity contribution < 1.29 is 0 Å². The molecule has 2 aliphatic rings. The topological polar surface area (TPSA) is 50.1 Å². The summed E-state index contributed by atoms with van der Waals surface area (Å²) in [5, 5.41) is 6.84. The molecule has 1 aromatic rings. The highest BCUT2D eigenvalue weighted by Crippen LogP contribution is 2.38. The summed E-state index contributed by atoms with van der Waals surface area (Å²) in [5.74, 6) is 0. The van der Waals surface area contributed by atoms with Crippen LogP contribution in [0, 0.1) is 0 Å². The molecule has 5 heteroatoms. The average molecular weight is 291 g/mol. The SMILES string of the molecule is NC(=S)NC(=S)Nc1c2c(cc3c1CCC3)CCC2. The maximum Gasteiger partial charge on any atom is 0.177 e. The van der Waals surface area contributed by atoms with Gasteiger partial charge in [-0.2, -0.15) is 0 Å². The lowest BCUT2D eigenvalue weighted by molar-refractivity contribution is 0.898. The Balaban J connectivity index is 1.96. The van der Waals surface area contributed by atoms with Crippen molar-refractivity contribution in [3.8, 4) is 0 Å². The summed E-state index contributed by atoms with van der Waals surface area (Å²) in [6.07, 6.45) is 7.13. The van der Waals surface area contributed by atoms with E-state index in [9.17, 15) is 0 Å². The second-order valence-electron chi connectivity index (χ2n) is 5.18. The molecule has 2 aliphatic carbocycles. The predicted molar refractivity (Wildman–Crippen MR) is 86.6 cm³/mol. The predicted octanol–water partition coefficient (Wildman–Crippen LogP) is 2.19. The number of thiocarbonyl (C=S) groups is 2. The van der Waals surface area contributed by atoms with Gasteiger partial charge in [0.05, 0.1) is 0 Å². The summed E-state index contributed by atoms with van der Waals surface area (Å²) < 4.78 is 0. The van der Waals surface area contributed by atoms with Gasteiger partial charge in [0.25, 0.3) is 0 Å². The first-order valence-electron chi connectivity index (χ1n) is 6.69. The van der Waals surface area contributed by atoms with Crippen molar-refractivity contribution in [3.05, 3.63) is 28.3 Å². The number of anilines is 1. The second kappa shape index (κ2) is 5.06. The van der Waals surface area contributed by atoms with E-state index in [4.69, 9.17) is 30.2 Å². The monoisotopic (exact) mass is 291 g/mol. The summed E-state index contributed by atoms with van der Waals surface area (Å²) in [4.78, 5) is 0. The zero-order valence-corrected chi connectivity index (χ0v) is 12.3. The number of nitrogens with one attached hydrogen (secondary N) is 2. The van der Waals surface area contributed by atoms with Crippen molar-refractivity contribution in [1.29, 1.82) is 0 Å². The van der Waals surface area contributed by atoms with E-state index < -0.39 is 0 Å². The van der Waals surface area contributed by atoms with Crippen LogP contribution in [0.3, 0.4) is 0 Å². The van der Waals surface area contributed by atoms with Crippen molar-refractivity contribution in [3.63, 3.8) is 0 Å². The van der Waals surface area contributed by atoms with Crippen molar-refractivity contribution >= 4 is 40.3 Å². The first kappa shape index (κ1) is 12.8. The molecule has 0 radical (unpaired) electrons. The van der Waals surface area contributed by atoms with Crippen molar-refractivity contribution in [1.82, 2.24) is 5.32 Å². The summed E-state index contributed by atoms with van der Waals surface area (Å²) in [5.41, 5.74) is 12.5. The molecule has 0 atom stereocenters. The molecule has 3 nitrogen and oxygen atoms in total. The molecule has 19 heavy (non-hydrogen) atoms. The fraction of sp³-hybridized carbons (Fsp3) is 0.429. The van der Waals surface area contributed by atoms with Gasteiger partial charge in [0.15, 0.2) is 10.2 Å². The molecule has 1 aromatic carbocycles. The highest BCUT2D eigenvalue weighted by molar-refractivity contribution is 7.82. The van der Waals surface area contributed by atoms with E-state index in [1.807, 2.05) is 0 Å². The molecule has 0 spiro atoms. The van der Waals surface area contributed by atoms with Gasteiger partial charge >= 0.3 is 0 Å². The van der Waals surface area contributed by atoms with E-state index in [1.165, 1.54) is 53.6 Å². The molecule has 0 aliphatic heterocycles. The number of nitrogens with two attached hydrogens (primary N) is 1. The lowest BCUT2D eigenvalue weighted by Crippen LogP contribution is -2.38. The van der Waals surface area contributed by atoms with Crippen LogP contribution in [0.4, 0.5) is 5.69 Å². The molecular formula is C14H17N3S2. The quantitative estimate of drug-likeness (QED) is 0.693. The van der Waals surface area contributed by atoms with Crippen LogP contribution in [0.2, 0.25) is 0 Å². The fourth-order valence-corrected chi connectivity index (χ4v) is 3.60. The summed E-state index contributed by atoms with van der Waals surface area (Å²) in [7, 11) is 0. The minimum atomic E-state index is 0.210. The molecule has 0 bridgehead atoms. The van der Waals surface area contributed by atoms with Crippen molar-refractivity contribution in [2.75, 3.05) is 5.32 Å². The summed E-state index contributed by atoms with van der Waals surface area (Å²) in [6.45, 7) is 0. The van der Waals surface area contributed by atoms with Gasteiger partial charge < -0.3 is 16.4 Å². The Hall–Kier alpha value is -1.20. The molecule has 0 saturated heterocycles. The number of aryl methyl sites for hydroxylation is 2. The highest BCUT2D eigenvalue weighted by atomic mass is 32.1. The van der Waals surface area contributed by atoms with E-state index >= 15 is 0 Å². The van der Waals surface area contributed by atoms with E-state index in [2.05, 4.69) is 16.7 Å². The molecule has 0 fully saturated rings. The molecule has 0 heterocycles. The molecule has 4 N–H and O–H groups in total. The number of benzene rings is 1. The van der Waals surface area contributed by atoms with Crippen molar-refractivity contribution in [2.45, 2.75) is 38.5 Å². The lowest BCUT2D eigenvalue weighted by atomic mass is 9.99. The Bertz CT molecular complexity index is 534. The zero-order chi connectivity index (χ0) is 13.4. The normalized spacial score (nSPS) is 15.8. The molecule has 0 saturated carbocycles. The molecule has 0 amide bonds. The Morgan fingerprint density at radius 3 is 2.11 bits per heavy atom. The van der Waals surface area contributed by atoms with Crippen molar-refractivity contribution in [2.24, 2.45) is 5.73 Å². The van der Waals surface area contributed by atoms with Gasteiger partial charge in [-0.1, -0.05) is 6.07 Å². The maximum atomic E-state index is 5.47. The minimum absolute atomic E-state index is 0.210. The first-order valence-corrected chi connectivity index (χ1v) is 7.50. The van der Waals surface area contributed by atoms with Crippen LogP contribution >= 0.6 is 24.4 Å². The number of rotatable bonds is 1. The number of hydrogen-bond donors (Lipinski definition) is 3. The van der Waals surface area contributed by atoms with E-state index in [1.54, 1.807) is 0 Å². The highest BCUT2D eigenvalue weighted by Gasteiger charge is 2.24. The third kappa shape index (κ3) is 2.44. The Morgan fingerprint density at radius 2 is 1.58 bits per heavy atom. The minimum Gasteiger partial charge on any atom is -0.376 e. The summed E-state index contributed by atoms with van der Waals surface area (Å²) >= 11 is 10.1.